The zero-order chi connectivity index (χ0) is 22.9. The highest BCUT2D eigenvalue weighted by molar-refractivity contribution is 8.14. The molecule has 3 nitrogen and oxygen atoms in total. The fourth-order valence-electron chi connectivity index (χ4n) is 2.89. The van der Waals surface area contributed by atoms with Crippen LogP contribution in [-0.2, 0) is 9.59 Å². The van der Waals surface area contributed by atoms with Crippen LogP contribution >= 0.6 is 23.5 Å². The largest absolute Gasteiger partial charge is 0.493 e. The van der Waals surface area contributed by atoms with Crippen LogP contribution in [0.1, 0.15) is 6.92 Å². The molecule has 0 aromatic heterocycles. The van der Waals surface area contributed by atoms with Crippen LogP contribution in [0.4, 0.5) is 0 Å². The van der Waals surface area contributed by atoms with Gasteiger partial charge in [0.1, 0.15) is 5.75 Å². The van der Waals surface area contributed by atoms with E-state index in [0.717, 1.165) is 32.9 Å². The minimum absolute atomic E-state index is 0.00465. The summed E-state index contributed by atoms with van der Waals surface area (Å²) in [5.41, 5.74) is 4.99. The molecule has 0 aliphatic carbocycles. The number of rotatable bonds is 9. The summed E-state index contributed by atoms with van der Waals surface area (Å²) < 4.78 is 5.71. The van der Waals surface area contributed by atoms with Crippen molar-refractivity contribution in [1.29, 1.82) is 0 Å². The zero-order valence-electron chi connectivity index (χ0n) is 17.9. The second kappa shape index (κ2) is 11.6. The van der Waals surface area contributed by atoms with Crippen molar-refractivity contribution in [3.05, 3.63) is 97.6 Å². The topological polar surface area (TPSA) is 43.4 Å². The van der Waals surface area contributed by atoms with E-state index in [0.29, 0.717) is 17.9 Å². The summed E-state index contributed by atoms with van der Waals surface area (Å²) in [7, 11) is 0. The molecule has 3 rings (SSSR count). The van der Waals surface area contributed by atoms with Crippen LogP contribution in [-0.4, -0.2) is 22.6 Å². The third-order valence-electron chi connectivity index (χ3n) is 4.58. The van der Waals surface area contributed by atoms with Crippen LogP contribution in [0.15, 0.2) is 102 Å². The quantitative estimate of drug-likeness (QED) is 0.195. The van der Waals surface area contributed by atoms with Crippen molar-refractivity contribution < 1.29 is 14.3 Å². The van der Waals surface area contributed by atoms with Gasteiger partial charge < -0.3 is 4.74 Å². The highest BCUT2D eigenvalue weighted by Crippen LogP contribution is 2.28. The van der Waals surface area contributed by atoms with Gasteiger partial charge in [0, 0.05) is 10.6 Å². The summed E-state index contributed by atoms with van der Waals surface area (Å²) in [5.74, 6) is 1.38. The number of benzene rings is 3. The van der Waals surface area contributed by atoms with Gasteiger partial charge in [-0.2, -0.15) is 0 Å². The third-order valence-corrected chi connectivity index (χ3v) is 6.44. The molecular formula is C27H24O3S2. The van der Waals surface area contributed by atoms with Crippen molar-refractivity contribution in [1.82, 2.24) is 0 Å². The predicted molar refractivity (Wildman–Crippen MR) is 136 cm³/mol. The van der Waals surface area contributed by atoms with Crippen molar-refractivity contribution in [2.24, 2.45) is 0 Å². The van der Waals surface area contributed by atoms with E-state index >= 15 is 0 Å². The lowest BCUT2D eigenvalue weighted by Crippen LogP contribution is -2.03. The number of carbonyl (C=O) groups excluding carboxylic acids is 2. The van der Waals surface area contributed by atoms with Gasteiger partial charge >= 0.3 is 0 Å². The maximum absolute atomic E-state index is 11.5. The second-order valence-electron chi connectivity index (χ2n) is 7.02. The van der Waals surface area contributed by atoms with Crippen LogP contribution in [0.3, 0.4) is 0 Å². The minimum Gasteiger partial charge on any atom is -0.493 e. The normalized spacial score (nSPS) is 10.4. The van der Waals surface area contributed by atoms with Crippen LogP contribution in [0.2, 0.25) is 0 Å². The van der Waals surface area contributed by atoms with Crippen LogP contribution in [0, 0.1) is 0 Å². The highest BCUT2D eigenvalue weighted by Gasteiger charge is 2.05. The van der Waals surface area contributed by atoms with Gasteiger partial charge in [-0.15, -0.1) is 0 Å². The molecule has 0 radical (unpaired) electrons. The standard InChI is InChI=1S/C27H24O3S2/c1-4-26(28)32-25-15-11-23(12-16-25)21-7-5-20(6-8-21)22-9-13-24(14-10-22)30-17-18-31-27(29)19(2)3/h4-16H,1-2,17-18H2,3H3. The Morgan fingerprint density at radius 3 is 1.78 bits per heavy atom. The van der Waals surface area contributed by atoms with Gasteiger partial charge in [-0.1, -0.05) is 73.5 Å². The van der Waals surface area contributed by atoms with Crippen LogP contribution < -0.4 is 4.74 Å². The molecule has 0 unspecified atom stereocenters. The van der Waals surface area contributed by atoms with Gasteiger partial charge in [-0.05, 0) is 76.9 Å². The monoisotopic (exact) mass is 460 g/mol. The Hall–Kier alpha value is -3.02. The molecule has 0 atom stereocenters. The first-order chi connectivity index (χ1) is 15.5. The minimum atomic E-state index is -0.0599. The first kappa shape index (κ1) is 23.6. The van der Waals surface area contributed by atoms with Crippen LogP contribution in [0.5, 0.6) is 5.75 Å². The van der Waals surface area contributed by atoms with Crippen molar-refractivity contribution in [2.75, 3.05) is 12.4 Å². The molecule has 0 aliphatic rings. The Morgan fingerprint density at radius 2 is 1.31 bits per heavy atom. The Labute approximate surface area is 197 Å². The summed E-state index contributed by atoms with van der Waals surface area (Å²) in [6, 6.07) is 24.2. The lowest BCUT2D eigenvalue weighted by molar-refractivity contribution is -0.108. The Kier molecular flexibility index (Phi) is 8.54. The SMILES string of the molecule is C=CC(=O)Sc1ccc(-c2ccc(-c3ccc(OCCSC(=O)C(=C)C)cc3)cc2)cc1. The molecule has 0 bridgehead atoms. The molecule has 0 aliphatic heterocycles. The maximum Gasteiger partial charge on any atom is 0.216 e. The average Bonchev–Trinajstić information content (AvgIpc) is 2.82. The Bertz CT molecular complexity index is 1100. The van der Waals surface area contributed by atoms with Crippen molar-refractivity contribution in [3.63, 3.8) is 0 Å². The molecule has 32 heavy (non-hydrogen) atoms. The molecule has 0 saturated heterocycles. The summed E-state index contributed by atoms with van der Waals surface area (Å²) >= 11 is 2.39. The number of hydrogen-bond donors (Lipinski definition) is 0. The van der Waals surface area contributed by atoms with Crippen molar-refractivity contribution in [2.45, 2.75) is 11.8 Å². The van der Waals surface area contributed by atoms with E-state index in [4.69, 9.17) is 4.74 Å². The summed E-state index contributed by atoms with van der Waals surface area (Å²) in [4.78, 5) is 23.9. The molecule has 0 heterocycles. The second-order valence-corrected chi connectivity index (χ2v) is 9.16. The van der Waals surface area contributed by atoms with Crippen molar-refractivity contribution >= 4 is 33.8 Å². The molecule has 0 saturated carbocycles. The highest BCUT2D eigenvalue weighted by atomic mass is 32.2. The number of thioether (sulfide) groups is 2. The van der Waals surface area contributed by atoms with Crippen LogP contribution in [0.25, 0.3) is 22.3 Å². The average molecular weight is 461 g/mol. The first-order valence-corrected chi connectivity index (χ1v) is 11.9. The number of carbonyl (C=O) groups is 2. The first-order valence-electron chi connectivity index (χ1n) is 10.1. The number of hydrogen-bond acceptors (Lipinski definition) is 5. The smallest absolute Gasteiger partial charge is 0.216 e. The molecular weight excluding hydrogens is 436 g/mol. The zero-order valence-corrected chi connectivity index (χ0v) is 19.5. The Morgan fingerprint density at radius 1 is 0.844 bits per heavy atom. The van der Waals surface area contributed by atoms with Gasteiger partial charge in [-0.25, -0.2) is 0 Å². The van der Waals surface area contributed by atoms with Gasteiger partial charge in [0.05, 0.1) is 6.61 Å². The molecule has 0 spiro atoms. The molecule has 0 fully saturated rings. The number of ether oxygens (including phenoxy) is 1. The predicted octanol–water partition coefficient (Wildman–Crippen LogP) is 7.04. The molecule has 3 aromatic rings. The van der Waals surface area contributed by atoms with E-state index in [1.54, 1.807) is 6.92 Å². The maximum atomic E-state index is 11.5. The molecule has 162 valence electrons. The fourth-order valence-corrected chi connectivity index (χ4v) is 4.08. The lowest BCUT2D eigenvalue weighted by Gasteiger charge is -2.08. The Balaban J connectivity index is 1.57. The van der Waals surface area contributed by atoms with E-state index in [1.165, 1.54) is 29.6 Å². The van der Waals surface area contributed by atoms with Crippen molar-refractivity contribution in [3.8, 4) is 28.0 Å². The molecule has 3 aromatic carbocycles. The van der Waals surface area contributed by atoms with E-state index in [9.17, 15) is 9.59 Å². The van der Waals surface area contributed by atoms with Gasteiger partial charge in [0.15, 0.2) is 0 Å². The summed E-state index contributed by atoms with van der Waals surface area (Å²) in [6.45, 7) is 9.32. The lowest BCUT2D eigenvalue weighted by atomic mass is 10.0. The van der Waals surface area contributed by atoms with Gasteiger partial charge in [-0.3, -0.25) is 9.59 Å². The molecule has 5 heteroatoms. The van der Waals surface area contributed by atoms with Gasteiger partial charge in [0.25, 0.3) is 0 Å². The fraction of sp³-hybridized carbons (Fsp3) is 0.111. The van der Waals surface area contributed by atoms with E-state index < -0.39 is 0 Å². The molecule has 0 N–H and O–H groups in total. The van der Waals surface area contributed by atoms with E-state index in [2.05, 4.69) is 37.4 Å². The summed E-state index contributed by atoms with van der Waals surface area (Å²) in [5, 5.41) is -0.0553. The third kappa shape index (κ3) is 6.74. The van der Waals surface area contributed by atoms with E-state index in [-0.39, 0.29) is 10.2 Å². The molecule has 0 amide bonds. The van der Waals surface area contributed by atoms with E-state index in [1.807, 2.05) is 48.5 Å². The van der Waals surface area contributed by atoms with Gasteiger partial charge in [0.2, 0.25) is 10.2 Å². The summed E-state index contributed by atoms with van der Waals surface area (Å²) in [6.07, 6.45) is 1.32.